The van der Waals surface area contributed by atoms with E-state index in [0.29, 0.717) is 10.6 Å². The zero-order valence-electron chi connectivity index (χ0n) is 15.7. The van der Waals surface area contributed by atoms with Crippen LogP contribution in [0.5, 0.6) is 11.5 Å². The molecule has 159 valence electrons. The van der Waals surface area contributed by atoms with Gasteiger partial charge in [0, 0.05) is 17.1 Å². The predicted molar refractivity (Wildman–Crippen MR) is 104 cm³/mol. The normalized spacial score (nSPS) is 15.6. The molecule has 0 aliphatic heterocycles. The van der Waals surface area contributed by atoms with Crippen LogP contribution in [0.15, 0.2) is 33.3 Å². The van der Waals surface area contributed by atoms with Gasteiger partial charge in [-0.1, -0.05) is 11.1 Å². The van der Waals surface area contributed by atoms with Gasteiger partial charge in [0.05, 0.1) is 16.9 Å². The van der Waals surface area contributed by atoms with Crippen molar-refractivity contribution < 1.29 is 41.9 Å². The average molecular weight is 466 g/mol. The van der Waals surface area contributed by atoms with Crippen LogP contribution in [-0.4, -0.2) is 15.5 Å². The second kappa shape index (κ2) is 9.93. The summed E-state index contributed by atoms with van der Waals surface area (Å²) in [5.41, 5.74) is 4.59. The van der Waals surface area contributed by atoms with Gasteiger partial charge in [0.15, 0.2) is 0 Å². The molecular formula is C20H22CuN2O5S. The monoisotopic (exact) mass is 465 g/mol. The number of benzene rings is 2. The summed E-state index contributed by atoms with van der Waals surface area (Å²) in [6, 6.07) is 5.60. The van der Waals surface area contributed by atoms with Gasteiger partial charge in [-0.3, -0.25) is 0 Å². The summed E-state index contributed by atoms with van der Waals surface area (Å²) in [7, 11) is 0. The molecule has 0 spiro atoms. The van der Waals surface area contributed by atoms with Gasteiger partial charge in [-0.2, -0.15) is 0 Å². The average Bonchev–Trinajstić information content (AvgIpc) is 2.73. The van der Waals surface area contributed by atoms with Crippen LogP contribution >= 0.6 is 12.0 Å². The van der Waals surface area contributed by atoms with Gasteiger partial charge in [-0.15, -0.1) is 14.6 Å². The van der Waals surface area contributed by atoms with Crippen LogP contribution in [0.1, 0.15) is 47.9 Å². The first-order valence-electron chi connectivity index (χ1n) is 9.47. The number of azo groups is 1. The van der Waals surface area contributed by atoms with E-state index in [1.807, 2.05) is 12.1 Å². The molecule has 2 aromatic rings. The minimum atomic E-state index is 0. The number of fused-ring (bicyclic) bond motifs is 2. The van der Waals surface area contributed by atoms with Crippen molar-refractivity contribution >= 4 is 23.4 Å². The van der Waals surface area contributed by atoms with Crippen LogP contribution in [0.3, 0.4) is 0 Å². The molecule has 2 aliphatic rings. The Bertz CT molecular complexity index is 922. The predicted octanol–water partition coefficient (Wildman–Crippen LogP) is 5.70. The molecule has 2 aliphatic carbocycles. The Hall–Kier alpha value is -1.61. The molecule has 9 heteroatoms. The van der Waals surface area contributed by atoms with E-state index in [2.05, 4.69) is 19.6 Å². The number of aryl methyl sites for hydroxylation is 2. The Kier molecular flexibility index (Phi) is 7.56. The fourth-order valence-electron chi connectivity index (χ4n) is 4.04. The van der Waals surface area contributed by atoms with Crippen molar-refractivity contribution in [3.05, 3.63) is 40.5 Å². The van der Waals surface area contributed by atoms with Crippen molar-refractivity contribution in [2.75, 3.05) is 0 Å². The van der Waals surface area contributed by atoms with Crippen LogP contribution in [0, 0.1) is 0 Å². The molecule has 29 heavy (non-hydrogen) atoms. The number of phenols is 2. The van der Waals surface area contributed by atoms with E-state index in [0.717, 1.165) is 85.7 Å². The van der Waals surface area contributed by atoms with E-state index >= 15 is 0 Å². The SMILES string of the molecule is OOOSc1cc2c(c(O)c1N=Nc1ccc3c(c1O)CCCC3)CCCC2.[Cu]. The van der Waals surface area contributed by atoms with E-state index < -0.39 is 0 Å². The minimum Gasteiger partial charge on any atom is -0.505 e. The summed E-state index contributed by atoms with van der Waals surface area (Å²) >= 11 is 0.748. The van der Waals surface area contributed by atoms with Crippen LogP contribution < -0.4 is 0 Å². The van der Waals surface area contributed by atoms with Crippen LogP contribution in [0.25, 0.3) is 0 Å². The molecule has 2 aromatic carbocycles. The summed E-state index contributed by atoms with van der Waals surface area (Å²) < 4.78 is 4.57. The van der Waals surface area contributed by atoms with Crippen molar-refractivity contribution in [1.82, 2.24) is 0 Å². The summed E-state index contributed by atoms with van der Waals surface area (Å²) in [6.07, 6.45) is 7.66. The van der Waals surface area contributed by atoms with Gasteiger partial charge < -0.3 is 10.2 Å². The van der Waals surface area contributed by atoms with Gasteiger partial charge in [-0.25, -0.2) is 5.26 Å². The zero-order chi connectivity index (χ0) is 19.5. The Morgan fingerprint density at radius 2 is 1.48 bits per heavy atom. The zero-order valence-corrected chi connectivity index (χ0v) is 17.4. The maximum Gasteiger partial charge on any atom is 0.147 e. The third-order valence-electron chi connectivity index (χ3n) is 5.45. The molecule has 7 nitrogen and oxygen atoms in total. The molecular weight excluding hydrogens is 444 g/mol. The van der Waals surface area contributed by atoms with E-state index in [4.69, 9.17) is 5.26 Å². The molecule has 0 saturated heterocycles. The Labute approximate surface area is 183 Å². The van der Waals surface area contributed by atoms with Crippen LogP contribution in [0.4, 0.5) is 11.4 Å². The molecule has 0 aromatic heterocycles. The summed E-state index contributed by atoms with van der Waals surface area (Å²) in [6.45, 7) is 0. The molecule has 0 amide bonds. The fourth-order valence-corrected chi connectivity index (χ4v) is 4.55. The number of phenolic OH excluding ortho intramolecular Hbond substituents is 2. The number of rotatable bonds is 5. The van der Waals surface area contributed by atoms with Crippen molar-refractivity contribution in [3.63, 3.8) is 0 Å². The summed E-state index contributed by atoms with van der Waals surface area (Å²) in [5.74, 6) is 0.213. The van der Waals surface area contributed by atoms with Crippen molar-refractivity contribution in [2.24, 2.45) is 10.2 Å². The number of nitrogens with zero attached hydrogens (tertiary/aromatic N) is 2. The first-order valence-corrected chi connectivity index (χ1v) is 10.2. The van der Waals surface area contributed by atoms with Crippen LogP contribution in [0.2, 0.25) is 0 Å². The third-order valence-corrected chi connectivity index (χ3v) is 6.07. The largest absolute Gasteiger partial charge is 0.505 e. The molecule has 0 fully saturated rings. The van der Waals surface area contributed by atoms with E-state index in [1.165, 1.54) is 0 Å². The van der Waals surface area contributed by atoms with Gasteiger partial charge in [0.25, 0.3) is 0 Å². The Morgan fingerprint density at radius 1 is 0.828 bits per heavy atom. The fraction of sp³-hybridized carbons (Fsp3) is 0.400. The Balaban J connectivity index is 0.00000240. The second-order valence-corrected chi connectivity index (χ2v) is 7.86. The molecule has 4 rings (SSSR count). The maximum absolute atomic E-state index is 10.8. The smallest absolute Gasteiger partial charge is 0.147 e. The van der Waals surface area contributed by atoms with E-state index in [-0.39, 0.29) is 34.3 Å². The molecule has 1 radical (unpaired) electrons. The number of hydrogen-bond donors (Lipinski definition) is 3. The molecule has 0 unspecified atom stereocenters. The van der Waals surface area contributed by atoms with Crippen molar-refractivity contribution in [2.45, 2.75) is 56.3 Å². The summed E-state index contributed by atoms with van der Waals surface area (Å²) in [5, 5.41) is 42.0. The topological polar surface area (TPSA) is 104 Å². The summed E-state index contributed by atoms with van der Waals surface area (Å²) in [4.78, 5) is 0.480. The Morgan fingerprint density at radius 3 is 2.21 bits per heavy atom. The first-order chi connectivity index (χ1) is 13.7. The molecule has 0 saturated carbocycles. The van der Waals surface area contributed by atoms with Gasteiger partial charge >= 0.3 is 0 Å². The van der Waals surface area contributed by atoms with Crippen molar-refractivity contribution in [1.29, 1.82) is 0 Å². The number of aromatic hydroxyl groups is 2. The maximum atomic E-state index is 10.8. The van der Waals surface area contributed by atoms with Gasteiger partial charge in [0.2, 0.25) is 0 Å². The van der Waals surface area contributed by atoms with E-state index in [1.54, 1.807) is 6.07 Å². The van der Waals surface area contributed by atoms with E-state index in [9.17, 15) is 10.2 Å². The standard InChI is InChI=1S/C20H22N2O5S.Cu/c23-19-14-7-3-1-5-12(14)9-10-16(19)21-22-18-17(28-27-26-25)11-13-6-2-4-8-15(13)20(18)24;/h9-11,23-25H,1-8H2;. The first kappa shape index (κ1) is 22.1. The minimum absolute atomic E-state index is 0. The second-order valence-electron chi connectivity index (χ2n) is 7.12. The molecule has 0 heterocycles. The van der Waals surface area contributed by atoms with Crippen LogP contribution in [-0.2, 0) is 52.1 Å². The van der Waals surface area contributed by atoms with Crippen molar-refractivity contribution in [3.8, 4) is 11.5 Å². The molecule has 0 bridgehead atoms. The van der Waals surface area contributed by atoms with Gasteiger partial charge in [0.1, 0.15) is 22.9 Å². The molecule has 3 N–H and O–H groups in total. The molecule has 0 atom stereocenters. The third kappa shape index (κ3) is 4.60. The van der Waals surface area contributed by atoms with Gasteiger partial charge in [-0.05, 0) is 85.8 Å². The number of hydrogen-bond acceptors (Lipinski definition) is 8. The quantitative estimate of drug-likeness (QED) is 0.172.